The van der Waals surface area contributed by atoms with Crippen LogP contribution in [0.4, 0.5) is 21.5 Å². The Kier molecular flexibility index (Phi) is 7.34. The molecular formula is C27H26ClFN4O2S. The van der Waals surface area contributed by atoms with Gasteiger partial charge in [0.05, 0.1) is 11.4 Å². The van der Waals surface area contributed by atoms with Crippen molar-refractivity contribution in [3.8, 4) is 0 Å². The van der Waals surface area contributed by atoms with Crippen LogP contribution >= 0.6 is 23.4 Å². The van der Waals surface area contributed by atoms with E-state index >= 15 is 0 Å². The molecular weight excluding hydrogens is 499 g/mol. The smallest absolute Gasteiger partial charge is 0.254 e. The maximum Gasteiger partial charge on any atom is 0.254 e. The zero-order valence-electron chi connectivity index (χ0n) is 19.5. The fourth-order valence-electron chi connectivity index (χ4n) is 4.40. The van der Waals surface area contributed by atoms with Crippen molar-refractivity contribution in [2.45, 2.75) is 11.8 Å². The topological polar surface area (TPSA) is 64.7 Å². The van der Waals surface area contributed by atoms with Gasteiger partial charge in [0, 0.05) is 54.0 Å². The Morgan fingerprint density at radius 1 is 1.00 bits per heavy atom. The zero-order chi connectivity index (χ0) is 25.1. The Hall–Kier alpha value is -3.23. The van der Waals surface area contributed by atoms with Crippen molar-refractivity contribution in [2.75, 3.05) is 47.5 Å². The van der Waals surface area contributed by atoms with Crippen LogP contribution in [0.2, 0.25) is 5.02 Å². The Labute approximate surface area is 218 Å². The number of nitrogens with zero attached hydrogens (tertiary/aromatic N) is 2. The second-order valence-corrected chi connectivity index (χ2v) is 10.2. The van der Waals surface area contributed by atoms with Gasteiger partial charge in [0.2, 0.25) is 5.91 Å². The molecule has 0 bridgehead atoms. The summed E-state index contributed by atoms with van der Waals surface area (Å²) in [6.45, 7) is 2.49. The van der Waals surface area contributed by atoms with Crippen molar-refractivity contribution < 1.29 is 14.0 Å². The van der Waals surface area contributed by atoms with Gasteiger partial charge in [-0.1, -0.05) is 29.8 Å². The molecule has 0 spiro atoms. The molecule has 2 aliphatic heterocycles. The van der Waals surface area contributed by atoms with Gasteiger partial charge >= 0.3 is 0 Å². The molecule has 3 aromatic carbocycles. The van der Waals surface area contributed by atoms with Gasteiger partial charge in [-0.15, -0.1) is 0 Å². The van der Waals surface area contributed by atoms with Crippen molar-refractivity contribution in [3.05, 3.63) is 88.7 Å². The molecule has 5 rings (SSSR count). The molecule has 186 valence electrons. The lowest BCUT2D eigenvalue weighted by Crippen LogP contribution is -2.48. The number of benzene rings is 3. The van der Waals surface area contributed by atoms with Crippen LogP contribution in [0.25, 0.3) is 0 Å². The van der Waals surface area contributed by atoms with E-state index in [1.165, 1.54) is 12.1 Å². The molecule has 1 atom stereocenters. The zero-order valence-corrected chi connectivity index (χ0v) is 21.1. The van der Waals surface area contributed by atoms with Crippen LogP contribution in [0.1, 0.15) is 15.9 Å². The van der Waals surface area contributed by atoms with E-state index in [4.69, 9.17) is 11.6 Å². The predicted octanol–water partition coefficient (Wildman–Crippen LogP) is 5.11. The third-order valence-electron chi connectivity index (χ3n) is 6.43. The first-order valence-electron chi connectivity index (χ1n) is 11.8. The van der Waals surface area contributed by atoms with Crippen LogP contribution in [0.15, 0.2) is 66.7 Å². The SMILES string of the molecule is O=C1Nc2cc(C(=O)N3CCN(c4ccc(F)cc4)CC3)ccc2N[C@@H]1CSCc1ccccc1Cl. The Morgan fingerprint density at radius 3 is 2.50 bits per heavy atom. The summed E-state index contributed by atoms with van der Waals surface area (Å²) in [5, 5.41) is 6.98. The summed E-state index contributed by atoms with van der Waals surface area (Å²) < 4.78 is 13.2. The van der Waals surface area contributed by atoms with Crippen LogP contribution in [0.3, 0.4) is 0 Å². The number of fused-ring (bicyclic) bond motifs is 1. The van der Waals surface area contributed by atoms with Gasteiger partial charge in [0.1, 0.15) is 11.9 Å². The van der Waals surface area contributed by atoms with Gasteiger partial charge in [0.25, 0.3) is 5.91 Å². The predicted molar refractivity (Wildman–Crippen MR) is 145 cm³/mol. The molecule has 3 aromatic rings. The van der Waals surface area contributed by atoms with Crippen molar-refractivity contribution >= 4 is 52.2 Å². The lowest BCUT2D eigenvalue weighted by Gasteiger charge is -2.36. The second kappa shape index (κ2) is 10.8. The standard InChI is InChI=1S/C27H26ClFN4O2S/c28-22-4-2-1-3-19(22)16-36-17-25-26(34)31-24-15-18(5-10-23(24)30-25)27(35)33-13-11-32(12-14-33)21-8-6-20(29)7-9-21/h1-10,15,25,30H,11-14,16-17H2,(H,31,34)/t25-/m1/s1. The highest BCUT2D eigenvalue weighted by Gasteiger charge is 2.28. The average molecular weight is 525 g/mol. The molecule has 0 aliphatic carbocycles. The summed E-state index contributed by atoms with van der Waals surface area (Å²) in [7, 11) is 0. The van der Waals surface area contributed by atoms with Crippen molar-refractivity contribution in [3.63, 3.8) is 0 Å². The maximum atomic E-state index is 13.2. The number of rotatable bonds is 6. The molecule has 0 radical (unpaired) electrons. The van der Waals surface area contributed by atoms with E-state index in [0.29, 0.717) is 43.2 Å². The molecule has 2 amide bonds. The minimum atomic E-state index is -0.369. The molecule has 6 nitrogen and oxygen atoms in total. The van der Waals surface area contributed by atoms with Gasteiger partial charge in [0.15, 0.2) is 0 Å². The maximum absolute atomic E-state index is 13.2. The fourth-order valence-corrected chi connectivity index (χ4v) is 5.74. The van der Waals surface area contributed by atoms with Crippen LogP contribution in [-0.2, 0) is 10.5 Å². The second-order valence-electron chi connectivity index (χ2n) is 8.81. The van der Waals surface area contributed by atoms with Crippen LogP contribution < -0.4 is 15.5 Å². The number of nitrogens with one attached hydrogen (secondary N) is 2. The number of hydrogen-bond donors (Lipinski definition) is 2. The first-order valence-corrected chi connectivity index (χ1v) is 13.3. The van der Waals surface area contributed by atoms with Crippen LogP contribution in [0.5, 0.6) is 0 Å². The fraction of sp³-hybridized carbons (Fsp3) is 0.259. The number of halogens is 2. The molecule has 2 N–H and O–H groups in total. The largest absolute Gasteiger partial charge is 0.371 e. The number of carbonyl (C=O) groups excluding carboxylic acids is 2. The molecule has 0 unspecified atom stereocenters. The molecule has 1 fully saturated rings. The average Bonchev–Trinajstić information content (AvgIpc) is 2.90. The summed E-state index contributed by atoms with van der Waals surface area (Å²) in [6, 6.07) is 19.1. The molecule has 1 saturated heterocycles. The van der Waals surface area contributed by atoms with Crippen LogP contribution in [-0.4, -0.2) is 54.7 Å². The molecule has 2 heterocycles. The minimum Gasteiger partial charge on any atom is -0.371 e. The van der Waals surface area contributed by atoms with Gasteiger partial charge in [-0.2, -0.15) is 11.8 Å². The molecule has 2 aliphatic rings. The summed E-state index contributed by atoms with van der Waals surface area (Å²) in [5.74, 6) is 0.869. The normalized spacial score (nSPS) is 17.3. The van der Waals surface area contributed by atoms with E-state index < -0.39 is 0 Å². The number of hydrogen-bond acceptors (Lipinski definition) is 5. The number of amides is 2. The van der Waals surface area contributed by atoms with E-state index in [0.717, 1.165) is 27.7 Å². The van der Waals surface area contributed by atoms with Crippen LogP contribution in [0, 0.1) is 5.82 Å². The van der Waals surface area contributed by atoms with Gasteiger partial charge in [-0.25, -0.2) is 4.39 Å². The van der Waals surface area contributed by atoms with Crippen molar-refractivity contribution in [2.24, 2.45) is 0 Å². The third-order valence-corrected chi connectivity index (χ3v) is 7.88. The number of piperazine rings is 1. The monoisotopic (exact) mass is 524 g/mol. The summed E-state index contributed by atoms with van der Waals surface area (Å²) >= 11 is 7.86. The summed E-state index contributed by atoms with van der Waals surface area (Å²) in [4.78, 5) is 29.8. The van der Waals surface area contributed by atoms with E-state index in [1.807, 2.05) is 35.2 Å². The molecule has 0 saturated carbocycles. The lowest BCUT2D eigenvalue weighted by molar-refractivity contribution is -0.116. The number of anilines is 3. The highest BCUT2D eigenvalue weighted by atomic mass is 35.5. The van der Waals surface area contributed by atoms with Crippen molar-refractivity contribution in [1.82, 2.24) is 4.90 Å². The molecule has 36 heavy (non-hydrogen) atoms. The Bertz CT molecular complexity index is 1260. The van der Waals surface area contributed by atoms with E-state index in [2.05, 4.69) is 15.5 Å². The van der Waals surface area contributed by atoms with Crippen molar-refractivity contribution in [1.29, 1.82) is 0 Å². The van der Waals surface area contributed by atoms with Gasteiger partial charge < -0.3 is 20.4 Å². The Morgan fingerprint density at radius 2 is 1.75 bits per heavy atom. The number of carbonyl (C=O) groups is 2. The summed E-state index contributed by atoms with van der Waals surface area (Å²) in [5.41, 5.74) is 3.95. The number of thioether (sulfide) groups is 1. The Balaban J connectivity index is 1.17. The van der Waals surface area contributed by atoms with E-state index in [-0.39, 0.29) is 23.7 Å². The quantitative estimate of drug-likeness (QED) is 0.469. The molecule has 0 aromatic heterocycles. The highest BCUT2D eigenvalue weighted by Crippen LogP contribution is 2.30. The van der Waals surface area contributed by atoms with Gasteiger partial charge in [-0.05, 0) is 54.1 Å². The molecule has 9 heteroatoms. The third kappa shape index (κ3) is 5.44. The highest BCUT2D eigenvalue weighted by molar-refractivity contribution is 7.98. The minimum absolute atomic E-state index is 0.0665. The van der Waals surface area contributed by atoms with E-state index in [1.54, 1.807) is 36.0 Å². The first-order chi connectivity index (χ1) is 17.5. The lowest BCUT2D eigenvalue weighted by atomic mass is 10.1. The first kappa shape index (κ1) is 24.5. The van der Waals surface area contributed by atoms with Gasteiger partial charge in [-0.3, -0.25) is 9.59 Å². The summed E-state index contributed by atoms with van der Waals surface area (Å²) in [6.07, 6.45) is 0. The van der Waals surface area contributed by atoms with E-state index in [9.17, 15) is 14.0 Å².